The van der Waals surface area contributed by atoms with Crippen molar-refractivity contribution in [1.82, 2.24) is 0 Å². The molecule has 0 bridgehead atoms. The van der Waals surface area contributed by atoms with Crippen molar-refractivity contribution in [3.05, 3.63) is 0 Å². The molecule has 0 aliphatic carbocycles. The Morgan fingerprint density at radius 3 is 2.20 bits per heavy atom. The number of rotatable bonds is 2. The van der Waals surface area contributed by atoms with Crippen LogP contribution in [0.2, 0.25) is 0 Å². The predicted octanol–water partition coefficient (Wildman–Crippen LogP) is 2.37. The minimum atomic E-state index is -2.41. The lowest BCUT2D eigenvalue weighted by Crippen LogP contribution is -2.10. The molecule has 0 aromatic rings. The molecule has 0 aliphatic heterocycles. The topological polar surface area (TPSA) is 12.4 Å². The zero-order chi connectivity index (χ0) is 8.20. The summed E-state index contributed by atoms with van der Waals surface area (Å²) in [5.74, 6) is 0. The second kappa shape index (κ2) is 3.64. The molecule has 3 heteroatoms. The SMILES string of the molecule is CC(C)(C)CN=CC(F)F. The van der Waals surface area contributed by atoms with Crippen LogP contribution < -0.4 is 0 Å². The summed E-state index contributed by atoms with van der Waals surface area (Å²) in [4.78, 5) is 3.57. The summed E-state index contributed by atoms with van der Waals surface area (Å²) in [5.41, 5.74) is 0.00535. The molecule has 0 aromatic carbocycles. The lowest BCUT2D eigenvalue weighted by Gasteiger charge is -2.13. The Morgan fingerprint density at radius 2 is 1.90 bits per heavy atom. The molecular formula is C7H13F2N. The summed E-state index contributed by atoms with van der Waals surface area (Å²) in [6.45, 7) is 6.32. The maximum Gasteiger partial charge on any atom is 0.273 e. The molecular weight excluding hydrogens is 136 g/mol. The summed E-state index contributed by atoms with van der Waals surface area (Å²) in [6, 6.07) is 0. The van der Waals surface area contributed by atoms with Gasteiger partial charge in [0.1, 0.15) is 0 Å². The lowest BCUT2D eigenvalue weighted by atomic mass is 9.97. The number of nitrogens with zero attached hydrogens (tertiary/aromatic N) is 1. The van der Waals surface area contributed by atoms with Crippen LogP contribution in [0.25, 0.3) is 0 Å². The highest BCUT2D eigenvalue weighted by Crippen LogP contribution is 2.12. The maximum absolute atomic E-state index is 11.5. The Kier molecular flexibility index (Phi) is 3.47. The first-order valence-electron chi connectivity index (χ1n) is 3.20. The summed E-state index contributed by atoms with van der Waals surface area (Å²) >= 11 is 0. The first kappa shape index (κ1) is 9.53. The van der Waals surface area contributed by atoms with Crippen LogP contribution in [-0.4, -0.2) is 19.2 Å². The molecule has 0 radical (unpaired) electrons. The van der Waals surface area contributed by atoms with Gasteiger partial charge in [-0.3, -0.25) is 4.99 Å². The van der Waals surface area contributed by atoms with Gasteiger partial charge in [0.2, 0.25) is 0 Å². The lowest BCUT2D eigenvalue weighted by molar-refractivity contribution is 0.230. The summed E-state index contributed by atoms with van der Waals surface area (Å²) in [7, 11) is 0. The van der Waals surface area contributed by atoms with Crippen LogP contribution in [-0.2, 0) is 0 Å². The van der Waals surface area contributed by atoms with Crippen LogP contribution in [0.4, 0.5) is 8.78 Å². The van der Waals surface area contributed by atoms with Crippen molar-refractivity contribution in [3.63, 3.8) is 0 Å². The largest absolute Gasteiger partial charge is 0.291 e. The van der Waals surface area contributed by atoms with Crippen LogP contribution in [0, 0.1) is 5.41 Å². The Balaban J connectivity index is 3.54. The fourth-order valence-electron chi connectivity index (χ4n) is 0.406. The molecule has 0 aromatic heterocycles. The second-order valence-electron chi connectivity index (χ2n) is 3.38. The van der Waals surface area contributed by atoms with E-state index in [2.05, 4.69) is 4.99 Å². The highest BCUT2D eigenvalue weighted by molar-refractivity contribution is 5.60. The molecule has 0 atom stereocenters. The zero-order valence-corrected chi connectivity index (χ0v) is 6.56. The standard InChI is InChI=1S/C7H13F2N/c1-7(2,3)5-10-4-6(8)9/h4,6H,5H2,1-3H3. The minimum Gasteiger partial charge on any atom is -0.291 e. The van der Waals surface area contributed by atoms with Crippen molar-refractivity contribution in [2.45, 2.75) is 27.2 Å². The molecule has 0 spiro atoms. The number of hydrogen-bond acceptors (Lipinski definition) is 1. The molecule has 0 rings (SSSR count). The third kappa shape index (κ3) is 7.53. The van der Waals surface area contributed by atoms with Crippen molar-refractivity contribution >= 4 is 6.21 Å². The molecule has 0 heterocycles. The molecule has 0 fully saturated rings. The maximum atomic E-state index is 11.5. The van der Waals surface area contributed by atoms with Gasteiger partial charge < -0.3 is 0 Å². The van der Waals surface area contributed by atoms with Gasteiger partial charge in [0.15, 0.2) is 0 Å². The van der Waals surface area contributed by atoms with E-state index in [9.17, 15) is 8.78 Å². The van der Waals surface area contributed by atoms with Crippen molar-refractivity contribution in [2.24, 2.45) is 10.4 Å². The smallest absolute Gasteiger partial charge is 0.273 e. The third-order valence-electron chi connectivity index (χ3n) is 0.784. The van der Waals surface area contributed by atoms with E-state index in [-0.39, 0.29) is 5.41 Å². The highest BCUT2D eigenvalue weighted by atomic mass is 19.3. The monoisotopic (exact) mass is 149 g/mol. The quantitative estimate of drug-likeness (QED) is 0.534. The number of halogens is 2. The second-order valence-corrected chi connectivity index (χ2v) is 3.38. The van der Waals surface area contributed by atoms with Gasteiger partial charge in [0, 0.05) is 6.54 Å². The van der Waals surface area contributed by atoms with E-state index in [1.165, 1.54) is 0 Å². The van der Waals surface area contributed by atoms with Gasteiger partial charge in [-0.1, -0.05) is 20.8 Å². The van der Waals surface area contributed by atoms with Gasteiger partial charge in [-0.15, -0.1) is 0 Å². The summed E-state index contributed by atoms with van der Waals surface area (Å²) in [5, 5.41) is 0. The summed E-state index contributed by atoms with van der Waals surface area (Å²) in [6.07, 6.45) is -1.73. The van der Waals surface area contributed by atoms with Gasteiger partial charge in [-0.05, 0) is 5.41 Å². The van der Waals surface area contributed by atoms with Crippen molar-refractivity contribution < 1.29 is 8.78 Å². The number of hydrogen-bond donors (Lipinski definition) is 0. The molecule has 0 saturated carbocycles. The minimum absolute atomic E-state index is 0.00535. The van der Waals surface area contributed by atoms with Gasteiger partial charge >= 0.3 is 0 Å². The Morgan fingerprint density at radius 1 is 1.40 bits per heavy atom. The predicted molar refractivity (Wildman–Crippen MR) is 38.8 cm³/mol. The fourth-order valence-corrected chi connectivity index (χ4v) is 0.406. The molecule has 0 saturated heterocycles. The number of aliphatic imine (C=N–C) groups is 1. The van der Waals surface area contributed by atoms with Gasteiger partial charge in [-0.25, -0.2) is 8.78 Å². The van der Waals surface area contributed by atoms with E-state index >= 15 is 0 Å². The average molecular weight is 149 g/mol. The van der Waals surface area contributed by atoms with Crippen molar-refractivity contribution in [1.29, 1.82) is 0 Å². The first-order valence-corrected chi connectivity index (χ1v) is 3.20. The van der Waals surface area contributed by atoms with Crippen LogP contribution in [0.15, 0.2) is 4.99 Å². The normalized spacial score (nSPS) is 13.4. The number of alkyl halides is 2. The average Bonchev–Trinajstić information content (AvgIpc) is 1.59. The fraction of sp³-hybridized carbons (Fsp3) is 0.857. The highest BCUT2D eigenvalue weighted by Gasteiger charge is 2.07. The summed E-state index contributed by atoms with van der Waals surface area (Å²) < 4.78 is 22.9. The van der Waals surface area contributed by atoms with E-state index in [0.717, 1.165) is 0 Å². The van der Waals surface area contributed by atoms with Gasteiger partial charge in [0.05, 0.1) is 6.21 Å². The van der Waals surface area contributed by atoms with E-state index < -0.39 is 6.43 Å². The van der Waals surface area contributed by atoms with Crippen molar-refractivity contribution in [3.8, 4) is 0 Å². The molecule has 0 unspecified atom stereocenters. The van der Waals surface area contributed by atoms with Gasteiger partial charge in [0.25, 0.3) is 6.43 Å². The molecule has 60 valence electrons. The molecule has 0 aliphatic rings. The van der Waals surface area contributed by atoms with E-state index in [1.54, 1.807) is 0 Å². The van der Waals surface area contributed by atoms with Crippen LogP contribution in [0.5, 0.6) is 0 Å². The molecule has 1 nitrogen and oxygen atoms in total. The Hall–Kier alpha value is -0.470. The van der Waals surface area contributed by atoms with Crippen molar-refractivity contribution in [2.75, 3.05) is 6.54 Å². The van der Waals surface area contributed by atoms with Crippen LogP contribution in [0.3, 0.4) is 0 Å². The molecule has 10 heavy (non-hydrogen) atoms. The molecule has 0 N–H and O–H groups in total. The van der Waals surface area contributed by atoms with E-state index in [0.29, 0.717) is 12.8 Å². The zero-order valence-electron chi connectivity index (χ0n) is 6.56. The molecule has 0 amide bonds. The van der Waals surface area contributed by atoms with Gasteiger partial charge in [-0.2, -0.15) is 0 Å². The first-order chi connectivity index (χ1) is 4.42. The third-order valence-corrected chi connectivity index (χ3v) is 0.784. The van der Waals surface area contributed by atoms with E-state index in [1.807, 2.05) is 20.8 Å². The van der Waals surface area contributed by atoms with Crippen LogP contribution >= 0.6 is 0 Å². The Labute approximate surface area is 60.2 Å². The Bertz CT molecular complexity index is 113. The van der Waals surface area contributed by atoms with Crippen LogP contribution in [0.1, 0.15) is 20.8 Å². The van der Waals surface area contributed by atoms with E-state index in [4.69, 9.17) is 0 Å².